The second kappa shape index (κ2) is 5.67. The molecule has 1 atom stereocenters. The molecule has 1 fully saturated rings. The number of hydrogen-bond donors (Lipinski definition) is 0. The van der Waals surface area contributed by atoms with Crippen LogP contribution in [0.3, 0.4) is 0 Å². The Morgan fingerprint density at radius 1 is 1.25 bits per heavy atom. The summed E-state index contributed by atoms with van der Waals surface area (Å²) < 4.78 is 5.36. The summed E-state index contributed by atoms with van der Waals surface area (Å²) in [6.45, 7) is 6.01. The lowest BCUT2D eigenvalue weighted by molar-refractivity contribution is 0.0198. The van der Waals surface area contributed by atoms with E-state index in [0.29, 0.717) is 11.9 Å². The molecule has 1 heterocycles. The number of benzene rings is 1. The van der Waals surface area contributed by atoms with Crippen LogP contribution in [-0.4, -0.2) is 31.2 Å². The molecule has 1 aliphatic rings. The fraction of sp³-hybridized carbons (Fsp3) is 0.538. The van der Waals surface area contributed by atoms with E-state index in [9.17, 15) is 0 Å². The molecule has 0 unspecified atom stereocenters. The molecule has 1 aliphatic heterocycles. The maximum absolute atomic E-state index is 5.78. The monoisotopic (exact) mass is 239 g/mol. The average Bonchev–Trinajstić information content (AvgIpc) is 2.39. The van der Waals surface area contributed by atoms with Crippen LogP contribution in [0.15, 0.2) is 24.3 Å². The summed E-state index contributed by atoms with van der Waals surface area (Å²) in [6.07, 6.45) is 0. The Bertz CT molecular complexity index is 319. The fourth-order valence-electron chi connectivity index (χ4n) is 2.06. The lowest BCUT2D eigenvalue weighted by Gasteiger charge is -2.32. The zero-order valence-corrected chi connectivity index (χ0v) is 10.4. The second-order valence-corrected chi connectivity index (χ2v) is 4.47. The van der Waals surface area contributed by atoms with Crippen molar-refractivity contribution in [3.63, 3.8) is 0 Å². The minimum absolute atomic E-state index is 0.466. The Morgan fingerprint density at radius 2 is 1.88 bits per heavy atom. The molecule has 0 aliphatic carbocycles. The lowest BCUT2D eigenvalue weighted by Crippen LogP contribution is -2.37. The summed E-state index contributed by atoms with van der Waals surface area (Å²) >= 11 is 5.78. The first-order chi connectivity index (χ1) is 7.81. The minimum Gasteiger partial charge on any atom is -0.379 e. The number of morpholine rings is 1. The summed E-state index contributed by atoms with van der Waals surface area (Å²) in [6, 6.07) is 9.04. The smallest absolute Gasteiger partial charge is 0.0594 e. The van der Waals surface area contributed by atoms with Gasteiger partial charge >= 0.3 is 0 Å². The van der Waals surface area contributed by atoms with E-state index in [1.807, 2.05) is 0 Å². The van der Waals surface area contributed by atoms with Crippen molar-refractivity contribution >= 4 is 11.6 Å². The van der Waals surface area contributed by atoms with Crippen molar-refractivity contribution in [2.24, 2.45) is 0 Å². The van der Waals surface area contributed by atoms with Crippen molar-refractivity contribution in [3.05, 3.63) is 35.4 Å². The number of ether oxygens (including phenoxy) is 1. The van der Waals surface area contributed by atoms with Gasteiger partial charge in [0.05, 0.1) is 13.2 Å². The highest BCUT2D eigenvalue weighted by atomic mass is 35.5. The summed E-state index contributed by atoms with van der Waals surface area (Å²) in [5.41, 5.74) is 2.54. The largest absolute Gasteiger partial charge is 0.379 e. The second-order valence-electron chi connectivity index (χ2n) is 4.20. The van der Waals surface area contributed by atoms with Gasteiger partial charge in [-0.3, -0.25) is 4.90 Å². The number of rotatable bonds is 3. The van der Waals surface area contributed by atoms with Crippen LogP contribution in [-0.2, 0) is 10.6 Å². The van der Waals surface area contributed by atoms with Crippen LogP contribution in [0.25, 0.3) is 0 Å². The van der Waals surface area contributed by atoms with Gasteiger partial charge in [-0.05, 0) is 18.1 Å². The summed E-state index contributed by atoms with van der Waals surface area (Å²) in [7, 11) is 0. The third kappa shape index (κ3) is 2.76. The molecule has 2 rings (SSSR count). The van der Waals surface area contributed by atoms with Gasteiger partial charge in [0.2, 0.25) is 0 Å². The molecule has 88 valence electrons. The van der Waals surface area contributed by atoms with Crippen molar-refractivity contribution in [2.75, 3.05) is 26.3 Å². The van der Waals surface area contributed by atoms with E-state index in [4.69, 9.17) is 16.3 Å². The highest BCUT2D eigenvalue weighted by Gasteiger charge is 2.17. The average molecular weight is 240 g/mol. The summed E-state index contributed by atoms with van der Waals surface area (Å²) in [5, 5.41) is 0. The molecule has 1 saturated heterocycles. The van der Waals surface area contributed by atoms with E-state index >= 15 is 0 Å². The van der Waals surface area contributed by atoms with Gasteiger partial charge in [-0.1, -0.05) is 24.3 Å². The van der Waals surface area contributed by atoms with Gasteiger partial charge in [0.25, 0.3) is 0 Å². The first-order valence-electron chi connectivity index (χ1n) is 5.78. The highest BCUT2D eigenvalue weighted by Crippen LogP contribution is 2.21. The molecular formula is C13H18ClNO. The van der Waals surface area contributed by atoms with Crippen LogP contribution < -0.4 is 0 Å². The Kier molecular flexibility index (Phi) is 4.22. The Balaban J connectivity index is 2.04. The van der Waals surface area contributed by atoms with Crippen molar-refractivity contribution in [1.82, 2.24) is 4.90 Å². The van der Waals surface area contributed by atoms with Crippen LogP contribution in [0.5, 0.6) is 0 Å². The van der Waals surface area contributed by atoms with Gasteiger partial charge in [-0.25, -0.2) is 0 Å². The van der Waals surface area contributed by atoms with Crippen LogP contribution in [0.4, 0.5) is 0 Å². The first-order valence-corrected chi connectivity index (χ1v) is 6.31. The van der Waals surface area contributed by atoms with Crippen LogP contribution >= 0.6 is 11.6 Å². The van der Waals surface area contributed by atoms with Crippen LogP contribution in [0.1, 0.15) is 24.1 Å². The molecule has 2 nitrogen and oxygen atoms in total. The van der Waals surface area contributed by atoms with Crippen molar-refractivity contribution in [3.8, 4) is 0 Å². The van der Waals surface area contributed by atoms with E-state index in [1.54, 1.807) is 0 Å². The molecule has 0 amide bonds. The van der Waals surface area contributed by atoms with Gasteiger partial charge in [0.1, 0.15) is 0 Å². The number of nitrogens with zero attached hydrogens (tertiary/aromatic N) is 1. The van der Waals surface area contributed by atoms with Crippen molar-refractivity contribution in [2.45, 2.75) is 18.8 Å². The molecule has 0 N–H and O–H groups in total. The van der Waals surface area contributed by atoms with Gasteiger partial charge in [0, 0.05) is 25.0 Å². The fourth-order valence-corrected chi connectivity index (χ4v) is 2.24. The summed E-state index contributed by atoms with van der Waals surface area (Å²) in [4.78, 5) is 2.46. The highest BCUT2D eigenvalue weighted by molar-refractivity contribution is 6.17. The molecule has 1 aromatic carbocycles. The Hall–Kier alpha value is -0.570. The lowest BCUT2D eigenvalue weighted by atomic mass is 10.0. The van der Waals surface area contributed by atoms with Crippen LogP contribution in [0, 0.1) is 0 Å². The van der Waals surface area contributed by atoms with Crippen molar-refractivity contribution in [1.29, 1.82) is 0 Å². The zero-order chi connectivity index (χ0) is 11.4. The number of hydrogen-bond acceptors (Lipinski definition) is 2. The number of alkyl halides is 1. The first kappa shape index (κ1) is 11.9. The maximum atomic E-state index is 5.78. The zero-order valence-electron chi connectivity index (χ0n) is 9.66. The normalized spacial score (nSPS) is 19.6. The topological polar surface area (TPSA) is 12.5 Å². The molecular weight excluding hydrogens is 222 g/mol. The summed E-state index contributed by atoms with van der Waals surface area (Å²) in [5.74, 6) is 0.589. The molecule has 1 aromatic rings. The molecule has 0 bridgehead atoms. The van der Waals surface area contributed by atoms with Gasteiger partial charge < -0.3 is 4.74 Å². The van der Waals surface area contributed by atoms with E-state index in [0.717, 1.165) is 26.3 Å². The van der Waals surface area contributed by atoms with E-state index < -0.39 is 0 Å². The van der Waals surface area contributed by atoms with Gasteiger partial charge in [0.15, 0.2) is 0 Å². The van der Waals surface area contributed by atoms with Crippen molar-refractivity contribution < 1.29 is 4.74 Å². The molecule has 0 aromatic heterocycles. The third-order valence-electron chi connectivity index (χ3n) is 3.21. The predicted octanol–water partition coefficient (Wildman–Crippen LogP) is 2.82. The SMILES string of the molecule is C[C@H](c1ccc(CCl)cc1)N1CCOCC1. The van der Waals surface area contributed by atoms with E-state index in [2.05, 4.69) is 36.1 Å². The quantitative estimate of drug-likeness (QED) is 0.753. The maximum Gasteiger partial charge on any atom is 0.0594 e. The third-order valence-corrected chi connectivity index (χ3v) is 3.52. The Labute approximate surface area is 102 Å². The molecule has 0 radical (unpaired) electrons. The van der Waals surface area contributed by atoms with E-state index in [1.165, 1.54) is 11.1 Å². The molecule has 3 heteroatoms. The standard InChI is InChI=1S/C13H18ClNO/c1-11(15-6-8-16-9-7-15)13-4-2-12(10-14)3-5-13/h2-5,11H,6-10H2,1H3/t11-/m1/s1. The predicted molar refractivity (Wildman–Crippen MR) is 66.8 cm³/mol. The minimum atomic E-state index is 0.466. The molecule has 0 saturated carbocycles. The van der Waals surface area contributed by atoms with Gasteiger partial charge in [-0.15, -0.1) is 11.6 Å². The molecule has 16 heavy (non-hydrogen) atoms. The molecule has 0 spiro atoms. The Morgan fingerprint density at radius 3 is 2.44 bits per heavy atom. The van der Waals surface area contributed by atoms with Crippen LogP contribution in [0.2, 0.25) is 0 Å². The number of halogens is 1. The van der Waals surface area contributed by atoms with Gasteiger partial charge in [-0.2, -0.15) is 0 Å². The van der Waals surface area contributed by atoms with E-state index in [-0.39, 0.29) is 0 Å².